The predicted octanol–water partition coefficient (Wildman–Crippen LogP) is 4.36. The van der Waals surface area contributed by atoms with E-state index >= 15 is 0 Å². The third-order valence-electron chi connectivity index (χ3n) is 3.34. The summed E-state index contributed by atoms with van der Waals surface area (Å²) in [5.41, 5.74) is 1.91. The van der Waals surface area contributed by atoms with Gasteiger partial charge in [0.15, 0.2) is 11.5 Å². The van der Waals surface area contributed by atoms with E-state index in [1.54, 1.807) is 17.4 Å². The van der Waals surface area contributed by atoms with Crippen LogP contribution < -0.4 is 14.8 Å². The Morgan fingerprint density at radius 2 is 1.90 bits per heavy atom. The lowest BCUT2D eigenvalue weighted by molar-refractivity contribution is 0.171. The van der Waals surface area contributed by atoms with Crippen LogP contribution in [0.1, 0.15) is 28.5 Å². The summed E-state index contributed by atoms with van der Waals surface area (Å²) < 4.78 is 11.1. The topological polar surface area (TPSA) is 43.4 Å². The molecule has 3 rings (SSSR count). The summed E-state index contributed by atoms with van der Waals surface area (Å²) >= 11 is 8.03. The summed E-state index contributed by atoms with van der Waals surface area (Å²) in [6.45, 7) is 7.28. The monoisotopic (exact) mass is 324 g/mol. The zero-order chi connectivity index (χ0) is 15.0. The van der Waals surface area contributed by atoms with Crippen molar-refractivity contribution in [2.24, 2.45) is 0 Å². The number of ether oxygens (including phenoxy) is 2. The average molecular weight is 325 g/mol. The average Bonchev–Trinajstić information content (AvgIpc) is 2.78. The maximum Gasteiger partial charge on any atom is 0.163 e. The van der Waals surface area contributed by atoms with Crippen LogP contribution in [0.2, 0.25) is 5.02 Å². The van der Waals surface area contributed by atoms with Crippen molar-refractivity contribution in [3.63, 3.8) is 0 Å². The number of aryl methyl sites for hydroxylation is 2. The maximum atomic E-state index is 6.33. The first-order chi connectivity index (χ1) is 10.0. The van der Waals surface area contributed by atoms with Gasteiger partial charge < -0.3 is 14.8 Å². The van der Waals surface area contributed by atoms with Gasteiger partial charge in [0.2, 0.25) is 0 Å². The van der Waals surface area contributed by atoms with Gasteiger partial charge in [0.1, 0.15) is 13.2 Å². The number of fused-ring (bicyclic) bond motifs is 1. The number of benzene rings is 1. The zero-order valence-corrected chi connectivity index (χ0v) is 13.8. The molecule has 2 aromatic rings. The van der Waals surface area contributed by atoms with Crippen molar-refractivity contribution in [3.05, 3.63) is 32.7 Å². The molecule has 4 nitrogen and oxygen atoms in total. The minimum Gasteiger partial charge on any atom is -0.486 e. The Morgan fingerprint density at radius 1 is 1.24 bits per heavy atom. The normalized spacial score (nSPS) is 14.9. The zero-order valence-electron chi connectivity index (χ0n) is 12.2. The Morgan fingerprint density at radius 3 is 2.52 bits per heavy atom. The van der Waals surface area contributed by atoms with Crippen LogP contribution in [0, 0.1) is 13.8 Å². The van der Waals surface area contributed by atoms with Gasteiger partial charge in [-0.3, -0.25) is 0 Å². The first-order valence-electron chi connectivity index (χ1n) is 6.84. The number of nitrogens with zero attached hydrogens (tertiary/aromatic N) is 1. The molecule has 0 amide bonds. The second-order valence-electron chi connectivity index (χ2n) is 5.02. The molecule has 0 radical (unpaired) electrons. The third-order valence-corrected chi connectivity index (χ3v) is 4.90. The van der Waals surface area contributed by atoms with Crippen LogP contribution in [0.3, 0.4) is 0 Å². The fourth-order valence-electron chi connectivity index (χ4n) is 2.42. The van der Waals surface area contributed by atoms with Crippen molar-refractivity contribution >= 4 is 28.6 Å². The molecule has 1 aliphatic heterocycles. The third kappa shape index (κ3) is 2.94. The lowest BCUT2D eigenvalue weighted by Crippen LogP contribution is -2.16. The number of aromatic nitrogens is 1. The number of hydrogen-bond acceptors (Lipinski definition) is 5. The van der Waals surface area contributed by atoms with E-state index in [0.717, 1.165) is 22.1 Å². The highest BCUT2D eigenvalue weighted by molar-refractivity contribution is 7.11. The highest BCUT2D eigenvalue weighted by Gasteiger charge is 2.18. The van der Waals surface area contributed by atoms with Crippen LogP contribution in [-0.4, -0.2) is 18.2 Å². The van der Waals surface area contributed by atoms with E-state index in [-0.39, 0.29) is 6.04 Å². The number of rotatable bonds is 3. The van der Waals surface area contributed by atoms with E-state index in [9.17, 15) is 0 Å². The molecule has 112 valence electrons. The lowest BCUT2D eigenvalue weighted by Gasteiger charge is -2.21. The van der Waals surface area contributed by atoms with Crippen molar-refractivity contribution in [3.8, 4) is 11.5 Å². The van der Waals surface area contributed by atoms with E-state index in [2.05, 4.69) is 17.2 Å². The second-order valence-corrected chi connectivity index (χ2v) is 6.67. The van der Waals surface area contributed by atoms with Gasteiger partial charge in [-0.15, -0.1) is 11.3 Å². The molecule has 2 heterocycles. The molecule has 0 fully saturated rings. The van der Waals surface area contributed by atoms with Crippen molar-refractivity contribution in [1.82, 2.24) is 4.98 Å². The van der Waals surface area contributed by atoms with E-state index in [1.807, 2.05) is 19.9 Å². The largest absolute Gasteiger partial charge is 0.486 e. The maximum absolute atomic E-state index is 6.33. The lowest BCUT2D eigenvalue weighted by atomic mass is 10.2. The molecule has 0 aliphatic carbocycles. The van der Waals surface area contributed by atoms with Gasteiger partial charge in [-0.25, -0.2) is 4.98 Å². The molecule has 1 aliphatic rings. The number of thiazole rings is 1. The molecule has 21 heavy (non-hydrogen) atoms. The summed E-state index contributed by atoms with van der Waals surface area (Å²) in [7, 11) is 0. The van der Waals surface area contributed by atoms with E-state index in [4.69, 9.17) is 21.1 Å². The molecule has 1 aromatic heterocycles. The van der Waals surface area contributed by atoms with Crippen LogP contribution in [0.5, 0.6) is 11.5 Å². The summed E-state index contributed by atoms with van der Waals surface area (Å²) in [6.07, 6.45) is 0. The number of anilines is 1. The number of hydrogen-bond donors (Lipinski definition) is 1. The first kappa shape index (κ1) is 14.5. The van der Waals surface area contributed by atoms with Crippen molar-refractivity contribution in [2.45, 2.75) is 26.8 Å². The van der Waals surface area contributed by atoms with E-state index in [1.165, 1.54) is 4.88 Å². The minimum absolute atomic E-state index is 0.135. The molecule has 1 N–H and O–H groups in total. The molecular weight excluding hydrogens is 308 g/mol. The Balaban J connectivity index is 1.86. The van der Waals surface area contributed by atoms with Crippen molar-refractivity contribution < 1.29 is 9.47 Å². The van der Waals surface area contributed by atoms with Crippen LogP contribution >= 0.6 is 22.9 Å². The molecule has 0 spiro atoms. The number of nitrogens with one attached hydrogen (secondary N) is 1. The summed E-state index contributed by atoms with van der Waals surface area (Å²) in [4.78, 5) is 5.69. The Hall–Kier alpha value is -1.46. The van der Waals surface area contributed by atoms with Crippen LogP contribution in [0.15, 0.2) is 12.1 Å². The van der Waals surface area contributed by atoms with Crippen LogP contribution in [-0.2, 0) is 0 Å². The van der Waals surface area contributed by atoms with E-state index in [0.29, 0.717) is 24.0 Å². The fraction of sp³-hybridized carbons (Fsp3) is 0.400. The smallest absolute Gasteiger partial charge is 0.163 e. The molecular formula is C15H17ClN2O2S. The standard InChI is InChI=1S/C15H17ClN2O2S/c1-8-15(21-10(3)17-8)9(2)18-12-7-14-13(6-11(12)16)19-4-5-20-14/h6-7,9,18H,4-5H2,1-3H3. The van der Waals surface area contributed by atoms with Gasteiger partial charge in [-0.1, -0.05) is 11.6 Å². The SMILES string of the molecule is Cc1nc(C)c(C(C)Nc2cc3c(cc2Cl)OCCO3)s1. The quantitative estimate of drug-likeness (QED) is 0.911. The first-order valence-corrected chi connectivity index (χ1v) is 8.03. The molecule has 1 atom stereocenters. The van der Waals surface area contributed by atoms with Crippen molar-refractivity contribution in [2.75, 3.05) is 18.5 Å². The highest BCUT2D eigenvalue weighted by atomic mass is 35.5. The van der Waals surface area contributed by atoms with Gasteiger partial charge in [-0.05, 0) is 20.8 Å². The Kier molecular flexibility index (Phi) is 3.95. The van der Waals surface area contributed by atoms with Crippen LogP contribution in [0.4, 0.5) is 5.69 Å². The summed E-state index contributed by atoms with van der Waals surface area (Å²) in [6, 6.07) is 3.84. The van der Waals surface area contributed by atoms with Gasteiger partial charge in [0, 0.05) is 17.0 Å². The van der Waals surface area contributed by atoms with Gasteiger partial charge >= 0.3 is 0 Å². The fourth-order valence-corrected chi connectivity index (χ4v) is 3.56. The molecule has 1 unspecified atom stereocenters. The van der Waals surface area contributed by atoms with Gasteiger partial charge in [-0.2, -0.15) is 0 Å². The minimum atomic E-state index is 0.135. The highest BCUT2D eigenvalue weighted by Crippen LogP contribution is 2.39. The van der Waals surface area contributed by atoms with Gasteiger partial charge in [0.05, 0.1) is 27.5 Å². The Bertz CT molecular complexity index is 672. The number of halogens is 1. The van der Waals surface area contributed by atoms with Crippen molar-refractivity contribution in [1.29, 1.82) is 0 Å². The second kappa shape index (κ2) is 5.73. The summed E-state index contributed by atoms with van der Waals surface area (Å²) in [5, 5.41) is 5.14. The van der Waals surface area contributed by atoms with E-state index < -0.39 is 0 Å². The molecule has 6 heteroatoms. The summed E-state index contributed by atoms with van der Waals surface area (Å²) in [5.74, 6) is 1.44. The molecule has 1 aromatic carbocycles. The van der Waals surface area contributed by atoms with Crippen LogP contribution in [0.25, 0.3) is 0 Å². The predicted molar refractivity (Wildman–Crippen MR) is 86.1 cm³/mol. The Labute approximate surface area is 133 Å². The van der Waals surface area contributed by atoms with Gasteiger partial charge in [0.25, 0.3) is 0 Å². The molecule has 0 bridgehead atoms. The molecule has 0 saturated heterocycles. The molecule has 0 saturated carbocycles.